The predicted octanol–water partition coefficient (Wildman–Crippen LogP) is 3.74. The first-order valence-electron chi connectivity index (χ1n) is 7.41. The van der Waals surface area contributed by atoms with Crippen LogP contribution in [0.2, 0.25) is 5.02 Å². The molecule has 0 unspecified atom stereocenters. The molecule has 2 aromatic rings. The highest BCUT2D eigenvalue weighted by Gasteiger charge is 2.13. The van der Waals surface area contributed by atoms with E-state index >= 15 is 0 Å². The molecular weight excluding hydrogens is 346 g/mol. The van der Waals surface area contributed by atoms with Crippen LogP contribution in [-0.4, -0.2) is 26.9 Å². The minimum absolute atomic E-state index is 0.209. The maximum Gasteiger partial charge on any atom is 0.248 e. The number of rotatable bonds is 5. The number of benzene rings is 2. The van der Waals surface area contributed by atoms with Crippen LogP contribution in [0.4, 0.5) is 5.69 Å². The van der Waals surface area contributed by atoms with Gasteiger partial charge in [0, 0.05) is 12.1 Å². The summed E-state index contributed by atoms with van der Waals surface area (Å²) < 4.78 is 20.9. The summed E-state index contributed by atoms with van der Waals surface area (Å²) in [5.74, 6) is 1.95. The summed E-state index contributed by atoms with van der Waals surface area (Å²) in [6.45, 7) is 0.209. The Morgan fingerprint density at radius 2 is 1.88 bits per heavy atom. The molecule has 3 rings (SSSR count). The van der Waals surface area contributed by atoms with Gasteiger partial charge in [0.2, 0.25) is 12.7 Å². The summed E-state index contributed by atoms with van der Waals surface area (Å²) in [5.41, 5.74) is 1.27. The van der Waals surface area contributed by atoms with Gasteiger partial charge in [-0.3, -0.25) is 4.79 Å². The van der Waals surface area contributed by atoms with Crippen LogP contribution >= 0.6 is 11.6 Å². The zero-order chi connectivity index (χ0) is 17.8. The van der Waals surface area contributed by atoms with Gasteiger partial charge in [0.25, 0.3) is 0 Å². The van der Waals surface area contributed by atoms with Crippen LogP contribution in [-0.2, 0) is 4.79 Å². The molecule has 0 atom stereocenters. The fourth-order valence-corrected chi connectivity index (χ4v) is 2.56. The molecule has 1 N–H and O–H groups in total. The molecule has 1 heterocycles. The lowest BCUT2D eigenvalue weighted by Gasteiger charge is -2.12. The molecule has 0 saturated heterocycles. The van der Waals surface area contributed by atoms with Gasteiger partial charge in [-0.15, -0.1) is 0 Å². The van der Waals surface area contributed by atoms with Gasteiger partial charge in [-0.25, -0.2) is 0 Å². The van der Waals surface area contributed by atoms with E-state index in [-0.39, 0.29) is 12.7 Å². The molecule has 0 fully saturated rings. The Morgan fingerprint density at radius 1 is 1.12 bits per heavy atom. The molecule has 0 radical (unpaired) electrons. The Balaban J connectivity index is 1.73. The number of nitrogens with one attached hydrogen (secondary N) is 1. The number of fused-ring (bicyclic) bond motifs is 1. The number of methoxy groups -OCH3 is 2. The Kier molecular flexibility index (Phi) is 5.00. The summed E-state index contributed by atoms with van der Waals surface area (Å²) in [7, 11) is 3.01. The van der Waals surface area contributed by atoms with E-state index < -0.39 is 0 Å². The van der Waals surface area contributed by atoms with Gasteiger partial charge in [-0.2, -0.15) is 0 Å². The molecule has 0 saturated carbocycles. The van der Waals surface area contributed by atoms with Crippen molar-refractivity contribution in [2.75, 3.05) is 26.3 Å². The largest absolute Gasteiger partial charge is 0.495 e. The molecular formula is C18H16ClNO5. The van der Waals surface area contributed by atoms with Crippen molar-refractivity contribution in [1.29, 1.82) is 0 Å². The summed E-state index contributed by atoms with van der Waals surface area (Å²) in [6, 6.07) is 8.62. The number of hydrogen-bond acceptors (Lipinski definition) is 5. The van der Waals surface area contributed by atoms with Crippen LogP contribution in [0.1, 0.15) is 5.56 Å². The third-order valence-corrected chi connectivity index (χ3v) is 3.85. The smallest absolute Gasteiger partial charge is 0.248 e. The fraction of sp³-hybridized carbons (Fsp3) is 0.167. The van der Waals surface area contributed by atoms with E-state index in [1.165, 1.54) is 20.3 Å². The number of amides is 1. The van der Waals surface area contributed by atoms with Gasteiger partial charge in [-0.1, -0.05) is 17.7 Å². The third kappa shape index (κ3) is 3.80. The second-order valence-electron chi connectivity index (χ2n) is 5.12. The van der Waals surface area contributed by atoms with Gasteiger partial charge < -0.3 is 24.3 Å². The Bertz CT molecular complexity index is 834. The minimum atomic E-state index is -0.322. The first kappa shape index (κ1) is 17.0. The third-order valence-electron chi connectivity index (χ3n) is 3.56. The van der Waals surface area contributed by atoms with Crippen molar-refractivity contribution < 1.29 is 23.7 Å². The molecule has 25 heavy (non-hydrogen) atoms. The number of ether oxygens (including phenoxy) is 4. The van der Waals surface area contributed by atoms with Crippen molar-refractivity contribution in [3.05, 3.63) is 47.0 Å². The number of hydrogen-bond donors (Lipinski definition) is 1. The first-order chi connectivity index (χ1) is 12.1. The average molecular weight is 362 g/mol. The molecule has 1 aliphatic rings. The predicted molar refractivity (Wildman–Crippen MR) is 94.8 cm³/mol. The van der Waals surface area contributed by atoms with Crippen molar-refractivity contribution in [3.63, 3.8) is 0 Å². The summed E-state index contributed by atoms with van der Waals surface area (Å²) in [6.07, 6.45) is 3.09. The van der Waals surface area contributed by atoms with E-state index in [2.05, 4.69) is 5.32 Å². The summed E-state index contributed by atoms with van der Waals surface area (Å²) in [4.78, 5) is 12.2. The van der Waals surface area contributed by atoms with Gasteiger partial charge in [0.05, 0.1) is 24.9 Å². The minimum Gasteiger partial charge on any atom is -0.495 e. The molecule has 0 aromatic heterocycles. The van der Waals surface area contributed by atoms with E-state index in [9.17, 15) is 4.79 Å². The first-order valence-corrected chi connectivity index (χ1v) is 7.78. The molecule has 0 spiro atoms. The van der Waals surface area contributed by atoms with Gasteiger partial charge in [0.15, 0.2) is 11.5 Å². The molecule has 6 nitrogen and oxygen atoms in total. The molecule has 130 valence electrons. The van der Waals surface area contributed by atoms with Crippen LogP contribution in [0.5, 0.6) is 23.0 Å². The van der Waals surface area contributed by atoms with E-state index in [1.54, 1.807) is 30.3 Å². The highest BCUT2D eigenvalue weighted by molar-refractivity contribution is 6.32. The zero-order valence-corrected chi connectivity index (χ0v) is 14.4. The second kappa shape index (κ2) is 7.36. The van der Waals surface area contributed by atoms with E-state index in [4.69, 9.17) is 30.5 Å². The topological polar surface area (TPSA) is 66.0 Å². The van der Waals surface area contributed by atoms with E-state index in [0.717, 1.165) is 5.56 Å². The van der Waals surface area contributed by atoms with E-state index in [1.807, 2.05) is 6.07 Å². The monoisotopic (exact) mass is 361 g/mol. The van der Waals surface area contributed by atoms with Gasteiger partial charge in [0.1, 0.15) is 11.5 Å². The molecule has 0 aliphatic carbocycles. The standard InChI is InChI=1S/C18H16ClNO5/c1-22-15-9-16(23-2)13(8-12(15)19)20-18(21)6-4-11-3-5-14-17(7-11)25-10-24-14/h3-9H,10H2,1-2H3,(H,20,21)/b6-4+. The summed E-state index contributed by atoms with van der Waals surface area (Å²) >= 11 is 6.09. The van der Waals surface area contributed by atoms with Crippen LogP contribution < -0.4 is 24.3 Å². The normalized spacial score (nSPS) is 12.3. The molecule has 0 bridgehead atoms. The van der Waals surface area contributed by atoms with Crippen LogP contribution in [0.3, 0.4) is 0 Å². The lowest BCUT2D eigenvalue weighted by molar-refractivity contribution is -0.111. The number of anilines is 1. The number of halogens is 1. The second-order valence-corrected chi connectivity index (χ2v) is 5.53. The number of carbonyl (C=O) groups is 1. The zero-order valence-electron chi connectivity index (χ0n) is 13.7. The Labute approximate surface area is 149 Å². The maximum absolute atomic E-state index is 12.2. The highest BCUT2D eigenvalue weighted by Crippen LogP contribution is 2.36. The summed E-state index contributed by atoms with van der Waals surface area (Å²) in [5, 5.41) is 3.10. The van der Waals surface area contributed by atoms with Crippen molar-refractivity contribution in [2.24, 2.45) is 0 Å². The quantitative estimate of drug-likeness (QED) is 0.822. The van der Waals surface area contributed by atoms with Crippen molar-refractivity contribution >= 4 is 29.3 Å². The van der Waals surface area contributed by atoms with E-state index in [0.29, 0.717) is 33.7 Å². The average Bonchev–Trinajstić information content (AvgIpc) is 3.08. The Hall–Kier alpha value is -2.86. The van der Waals surface area contributed by atoms with Crippen LogP contribution in [0, 0.1) is 0 Å². The number of carbonyl (C=O) groups excluding carboxylic acids is 1. The fourth-order valence-electron chi connectivity index (χ4n) is 2.32. The lowest BCUT2D eigenvalue weighted by Crippen LogP contribution is -2.09. The molecule has 1 aliphatic heterocycles. The van der Waals surface area contributed by atoms with Crippen LogP contribution in [0.15, 0.2) is 36.4 Å². The SMILES string of the molecule is COc1cc(OC)c(NC(=O)/C=C/c2ccc3c(c2)OCO3)cc1Cl. The van der Waals surface area contributed by atoms with Gasteiger partial charge >= 0.3 is 0 Å². The molecule has 2 aromatic carbocycles. The van der Waals surface area contributed by atoms with Gasteiger partial charge in [-0.05, 0) is 29.8 Å². The van der Waals surface area contributed by atoms with Crippen molar-refractivity contribution in [1.82, 2.24) is 0 Å². The lowest BCUT2D eigenvalue weighted by atomic mass is 10.2. The van der Waals surface area contributed by atoms with Crippen molar-refractivity contribution in [2.45, 2.75) is 0 Å². The van der Waals surface area contributed by atoms with Crippen molar-refractivity contribution in [3.8, 4) is 23.0 Å². The maximum atomic E-state index is 12.2. The highest BCUT2D eigenvalue weighted by atomic mass is 35.5. The molecule has 1 amide bonds. The Morgan fingerprint density at radius 3 is 2.64 bits per heavy atom. The van der Waals surface area contributed by atoms with Crippen LogP contribution in [0.25, 0.3) is 6.08 Å². The molecule has 7 heteroatoms.